The Morgan fingerprint density at radius 3 is 2.80 bits per heavy atom. The molecule has 15 heavy (non-hydrogen) atoms. The molecule has 0 bridgehead atoms. The van der Waals surface area contributed by atoms with Crippen molar-refractivity contribution in [2.45, 2.75) is 18.8 Å². The molecule has 0 saturated heterocycles. The first kappa shape index (κ1) is 9.97. The lowest BCUT2D eigenvalue weighted by Gasteiger charge is -2.21. The van der Waals surface area contributed by atoms with E-state index >= 15 is 0 Å². The molecular formula is C13H15NO. The molecule has 0 aliphatic carbocycles. The van der Waals surface area contributed by atoms with E-state index in [4.69, 9.17) is 0 Å². The monoisotopic (exact) mass is 201 g/mol. The first-order valence-corrected chi connectivity index (χ1v) is 5.10. The van der Waals surface area contributed by atoms with Crippen LogP contribution in [0.2, 0.25) is 0 Å². The molecule has 0 spiro atoms. The molecule has 1 heterocycles. The maximum Gasteiger partial charge on any atom is 0.237 e. The van der Waals surface area contributed by atoms with E-state index in [1.807, 2.05) is 44.3 Å². The van der Waals surface area contributed by atoms with Crippen LogP contribution in [-0.2, 0) is 10.2 Å². The minimum Gasteiger partial charge on any atom is -0.314 e. The molecule has 1 atom stereocenters. The summed E-state index contributed by atoms with van der Waals surface area (Å²) in [5, 5.41) is 0. The van der Waals surface area contributed by atoms with Crippen molar-refractivity contribution >= 4 is 11.6 Å². The second-order valence-electron chi connectivity index (χ2n) is 4.21. The molecule has 1 aliphatic rings. The summed E-state index contributed by atoms with van der Waals surface area (Å²) in [6.45, 7) is 5.72. The van der Waals surface area contributed by atoms with Crippen molar-refractivity contribution in [2.75, 3.05) is 11.9 Å². The molecule has 1 aliphatic heterocycles. The van der Waals surface area contributed by atoms with Gasteiger partial charge in [-0.05, 0) is 25.0 Å². The van der Waals surface area contributed by atoms with Gasteiger partial charge in [-0.25, -0.2) is 0 Å². The third-order valence-electron chi connectivity index (χ3n) is 3.19. The number of carbonyl (C=O) groups is 1. The molecule has 1 aromatic carbocycles. The predicted octanol–water partition coefficient (Wildman–Crippen LogP) is 2.50. The van der Waals surface area contributed by atoms with Crippen molar-refractivity contribution in [1.82, 2.24) is 0 Å². The highest BCUT2D eigenvalue weighted by molar-refractivity contribution is 6.07. The molecule has 0 unspecified atom stereocenters. The van der Waals surface area contributed by atoms with Gasteiger partial charge in [0, 0.05) is 12.7 Å². The molecule has 78 valence electrons. The van der Waals surface area contributed by atoms with E-state index in [1.165, 1.54) is 0 Å². The summed E-state index contributed by atoms with van der Waals surface area (Å²) in [5.74, 6) is 0.156. The van der Waals surface area contributed by atoms with Crippen LogP contribution in [0.15, 0.2) is 36.9 Å². The highest BCUT2D eigenvalue weighted by Crippen LogP contribution is 2.42. The Hall–Kier alpha value is -1.57. The van der Waals surface area contributed by atoms with Crippen LogP contribution in [0, 0.1) is 0 Å². The van der Waals surface area contributed by atoms with Crippen molar-refractivity contribution in [3.05, 3.63) is 42.5 Å². The van der Waals surface area contributed by atoms with E-state index in [0.29, 0.717) is 6.42 Å². The molecular weight excluding hydrogens is 186 g/mol. The number of nitrogens with zero attached hydrogens (tertiary/aromatic N) is 1. The Morgan fingerprint density at radius 1 is 1.47 bits per heavy atom. The minimum atomic E-state index is -0.424. The summed E-state index contributed by atoms with van der Waals surface area (Å²) >= 11 is 0. The van der Waals surface area contributed by atoms with Crippen LogP contribution in [-0.4, -0.2) is 13.0 Å². The lowest BCUT2D eigenvalue weighted by Crippen LogP contribution is -2.35. The zero-order valence-corrected chi connectivity index (χ0v) is 9.16. The maximum atomic E-state index is 12.2. The molecule has 0 fully saturated rings. The summed E-state index contributed by atoms with van der Waals surface area (Å²) in [4.78, 5) is 13.9. The van der Waals surface area contributed by atoms with Gasteiger partial charge in [0.2, 0.25) is 5.91 Å². The molecule has 0 aromatic heterocycles. The summed E-state index contributed by atoms with van der Waals surface area (Å²) in [6, 6.07) is 7.96. The van der Waals surface area contributed by atoms with Crippen LogP contribution in [0.25, 0.3) is 0 Å². The Labute approximate surface area is 90.2 Å². The van der Waals surface area contributed by atoms with Gasteiger partial charge < -0.3 is 4.90 Å². The zero-order valence-electron chi connectivity index (χ0n) is 9.16. The number of rotatable bonds is 2. The van der Waals surface area contributed by atoms with E-state index in [2.05, 4.69) is 6.58 Å². The van der Waals surface area contributed by atoms with Crippen LogP contribution >= 0.6 is 0 Å². The standard InChI is InChI=1S/C13H15NO/c1-4-9-13(2)10-7-5-6-8-11(10)14(3)12(13)15/h4-8H,1,9H2,2-3H3/t13-/m0/s1. The topological polar surface area (TPSA) is 20.3 Å². The van der Waals surface area contributed by atoms with E-state index in [-0.39, 0.29) is 5.91 Å². The SMILES string of the molecule is C=CC[C@]1(C)C(=O)N(C)c2ccccc21. The van der Waals surface area contributed by atoms with Crippen molar-refractivity contribution < 1.29 is 4.79 Å². The fourth-order valence-electron chi connectivity index (χ4n) is 2.31. The molecule has 2 nitrogen and oxygen atoms in total. The highest BCUT2D eigenvalue weighted by Gasteiger charge is 2.44. The van der Waals surface area contributed by atoms with E-state index in [9.17, 15) is 4.79 Å². The summed E-state index contributed by atoms with van der Waals surface area (Å²) in [7, 11) is 1.83. The van der Waals surface area contributed by atoms with Gasteiger partial charge in [0.25, 0.3) is 0 Å². The highest BCUT2D eigenvalue weighted by atomic mass is 16.2. The number of hydrogen-bond donors (Lipinski definition) is 0. The van der Waals surface area contributed by atoms with Gasteiger partial charge in [0.15, 0.2) is 0 Å². The van der Waals surface area contributed by atoms with Crippen LogP contribution in [0.1, 0.15) is 18.9 Å². The zero-order chi connectivity index (χ0) is 11.1. The first-order chi connectivity index (χ1) is 7.11. The van der Waals surface area contributed by atoms with Gasteiger partial charge >= 0.3 is 0 Å². The molecule has 0 N–H and O–H groups in total. The van der Waals surface area contributed by atoms with Gasteiger partial charge in [0.05, 0.1) is 5.41 Å². The molecule has 2 heteroatoms. The lowest BCUT2D eigenvalue weighted by atomic mass is 9.81. The van der Waals surface area contributed by atoms with Crippen molar-refractivity contribution in [3.8, 4) is 0 Å². The molecule has 0 saturated carbocycles. The summed E-state index contributed by atoms with van der Waals surface area (Å²) in [6.07, 6.45) is 2.50. The molecule has 1 amide bonds. The largest absolute Gasteiger partial charge is 0.314 e. The first-order valence-electron chi connectivity index (χ1n) is 5.10. The predicted molar refractivity (Wildman–Crippen MR) is 62.0 cm³/mol. The number of benzene rings is 1. The average molecular weight is 201 g/mol. The summed E-state index contributed by atoms with van der Waals surface area (Å²) < 4.78 is 0. The maximum absolute atomic E-state index is 12.2. The normalized spacial score (nSPS) is 24.1. The third kappa shape index (κ3) is 1.21. The molecule has 0 radical (unpaired) electrons. The van der Waals surface area contributed by atoms with Crippen molar-refractivity contribution in [3.63, 3.8) is 0 Å². The van der Waals surface area contributed by atoms with E-state index in [1.54, 1.807) is 4.90 Å². The Morgan fingerprint density at radius 2 is 2.13 bits per heavy atom. The smallest absolute Gasteiger partial charge is 0.237 e. The van der Waals surface area contributed by atoms with Crippen LogP contribution in [0.3, 0.4) is 0 Å². The second kappa shape index (κ2) is 3.23. The van der Waals surface area contributed by atoms with Crippen molar-refractivity contribution in [1.29, 1.82) is 0 Å². The Bertz CT molecular complexity index is 424. The number of likely N-dealkylation sites (N-methyl/N-ethyl adjacent to an activating group) is 1. The number of carbonyl (C=O) groups excluding carboxylic acids is 1. The van der Waals surface area contributed by atoms with Gasteiger partial charge in [-0.3, -0.25) is 4.79 Å². The van der Waals surface area contributed by atoms with Gasteiger partial charge in [-0.2, -0.15) is 0 Å². The van der Waals surface area contributed by atoms with Crippen molar-refractivity contribution in [2.24, 2.45) is 0 Å². The third-order valence-corrected chi connectivity index (χ3v) is 3.19. The van der Waals surface area contributed by atoms with Gasteiger partial charge in [0.1, 0.15) is 0 Å². The van der Waals surface area contributed by atoms with Gasteiger partial charge in [-0.15, -0.1) is 6.58 Å². The second-order valence-corrected chi connectivity index (χ2v) is 4.21. The number of hydrogen-bond acceptors (Lipinski definition) is 1. The number of allylic oxidation sites excluding steroid dienone is 1. The average Bonchev–Trinajstić information content (AvgIpc) is 2.43. The fraction of sp³-hybridized carbons (Fsp3) is 0.308. The minimum absolute atomic E-state index is 0.156. The molecule has 2 rings (SSSR count). The Balaban J connectivity index is 2.60. The van der Waals surface area contributed by atoms with Crippen LogP contribution in [0.4, 0.5) is 5.69 Å². The van der Waals surface area contributed by atoms with E-state index < -0.39 is 5.41 Å². The number of amides is 1. The number of anilines is 1. The fourth-order valence-corrected chi connectivity index (χ4v) is 2.31. The quantitative estimate of drug-likeness (QED) is 0.673. The van der Waals surface area contributed by atoms with Crippen LogP contribution in [0.5, 0.6) is 0 Å². The summed E-state index contributed by atoms with van der Waals surface area (Å²) in [5.41, 5.74) is 1.71. The number of fused-ring (bicyclic) bond motifs is 1. The van der Waals surface area contributed by atoms with Crippen LogP contribution < -0.4 is 4.90 Å². The van der Waals surface area contributed by atoms with E-state index in [0.717, 1.165) is 11.3 Å². The molecule has 1 aromatic rings. The lowest BCUT2D eigenvalue weighted by molar-refractivity contribution is -0.122. The Kier molecular flexibility index (Phi) is 2.14. The van der Waals surface area contributed by atoms with Gasteiger partial charge in [-0.1, -0.05) is 24.3 Å². The number of para-hydroxylation sites is 1.